The van der Waals surface area contributed by atoms with Crippen molar-refractivity contribution in [3.8, 4) is 0 Å². The van der Waals surface area contributed by atoms with Gasteiger partial charge in [0.25, 0.3) is 0 Å². The van der Waals surface area contributed by atoms with Crippen LogP contribution in [0.3, 0.4) is 0 Å². The summed E-state index contributed by atoms with van der Waals surface area (Å²) < 4.78 is 134. The molecular weight excluding hydrogens is 723 g/mol. The smallest absolute Gasteiger partial charge is 0.416 e. The van der Waals surface area contributed by atoms with Gasteiger partial charge in [0, 0.05) is 18.7 Å². The SMILES string of the molecule is CC[C@@H]1C[C@H](Nc2ncc(C3CC3)c(Cc3cc(C(F)(F)F)cc(C(F)(F)F)c3)n2)c2cc(C(F)(F)F)ccc2N1C(=O)OCCC(=O)OC(C)(C)C. The second kappa shape index (κ2) is 14.7. The predicted molar refractivity (Wildman–Crippen MR) is 174 cm³/mol. The number of nitrogens with one attached hydrogen (secondary N) is 1. The molecule has 0 spiro atoms. The Kier molecular flexibility index (Phi) is 11.0. The minimum absolute atomic E-state index is 0.0393. The minimum atomic E-state index is -5.05. The van der Waals surface area contributed by atoms with Crippen LogP contribution in [0.15, 0.2) is 42.6 Å². The van der Waals surface area contributed by atoms with Crippen molar-refractivity contribution in [2.24, 2.45) is 0 Å². The van der Waals surface area contributed by atoms with Gasteiger partial charge >= 0.3 is 30.6 Å². The Balaban J connectivity index is 1.47. The van der Waals surface area contributed by atoms with E-state index in [1.807, 2.05) is 0 Å². The number of benzene rings is 2. The van der Waals surface area contributed by atoms with E-state index >= 15 is 0 Å². The molecule has 1 aromatic heterocycles. The highest BCUT2D eigenvalue weighted by molar-refractivity contribution is 5.90. The summed E-state index contributed by atoms with van der Waals surface area (Å²) in [7, 11) is 0. The van der Waals surface area contributed by atoms with Crippen LogP contribution in [-0.4, -0.2) is 40.3 Å². The molecule has 0 saturated heterocycles. The summed E-state index contributed by atoms with van der Waals surface area (Å²) in [6.07, 6.45) is -13.2. The van der Waals surface area contributed by atoms with Crippen LogP contribution < -0.4 is 10.2 Å². The van der Waals surface area contributed by atoms with Crippen molar-refractivity contribution < 1.29 is 58.6 Å². The Labute approximate surface area is 299 Å². The van der Waals surface area contributed by atoms with E-state index in [0.29, 0.717) is 37.0 Å². The maximum atomic E-state index is 13.9. The molecule has 5 rings (SSSR count). The van der Waals surface area contributed by atoms with Crippen LogP contribution in [0.5, 0.6) is 0 Å². The monoisotopic (exact) mass is 760 g/mol. The normalized spacial score (nSPS) is 18.0. The van der Waals surface area contributed by atoms with Crippen LogP contribution in [0, 0.1) is 0 Å². The molecule has 0 bridgehead atoms. The zero-order valence-corrected chi connectivity index (χ0v) is 29.1. The number of aromatic nitrogens is 2. The Morgan fingerprint density at radius 3 is 2.04 bits per heavy atom. The largest absolute Gasteiger partial charge is 0.460 e. The maximum Gasteiger partial charge on any atom is 0.416 e. The van der Waals surface area contributed by atoms with E-state index in [0.717, 1.165) is 18.2 Å². The summed E-state index contributed by atoms with van der Waals surface area (Å²) in [6, 6.07) is 2.58. The minimum Gasteiger partial charge on any atom is -0.460 e. The first kappa shape index (κ1) is 39.6. The van der Waals surface area contributed by atoms with Gasteiger partial charge in [0.05, 0.1) is 40.5 Å². The summed E-state index contributed by atoms with van der Waals surface area (Å²) in [4.78, 5) is 35.6. The van der Waals surface area contributed by atoms with Crippen LogP contribution >= 0.6 is 0 Å². The van der Waals surface area contributed by atoms with Crippen molar-refractivity contribution in [1.29, 1.82) is 0 Å². The lowest BCUT2D eigenvalue weighted by molar-refractivity contribution is -0.155. The van der Waals surface area contributed by atoms with E-state index in [1.54, 1.807) is 27.7 Å². The second-order valence-electron chi connectivity index (χ2n) is 14.0. The number of amides is 1. The first-order valence-electron chi connectivity index (χ1n) is 16.8. The molecule has 2 atom stereocenters. The highest BCUT2D eigenvalue weighted by Gasteiger charge is 2.41. The van der Waals surface area contributed by atoms with E-state index in [9.17, 15) is 49.1 Å². The van der Waals surface area contributed by atoms with Gasteiger partial charge in [0.1, 0.15) is 12.2 Å². The number of esters is 1. The molecule has 2 heterocycles. The zero-order chi connectivity index (χ0) is 39.1. The van der Waals surface area contributed by atoms with Crippen LogP contribution in [0.2, 0.25) is 0 Å². The number of carbonyl (C=O) groups excluding carboxylic acids is 2. The van der Waals surface area contributed by atoms with E-state index < -0.39 is 71.4 Å². The molecule has 2 aromatic carbocycles. The fraction of sp³-hybridized carbons (Fsp3) is 0.500. The Hall–Kier alpha value is -4.57. The van der Waals surface area contributed by atoms with E-state index in [-0.39, 0.29) is 59.9 Å². The van der Waals surface area contributed by atoms with Crippen molar-refractivity contribution in [3.05, 3.63) is 81.7 Å². The number of hydrogen-bond acceptors (Lipinski definition) is 7. The number of ether oxygens (including phenoxy) is 2. The fourth-order valence-electron chi connectivity index (χ4n) is 6.19. The molecule has 1 fully saturated rings. The Morgan fingerprint density at radius 1 is 0.868 bits per heavy atom. The number of hydrogen-bond donors (Lipinski definition) is 1. The number of alkyl halides is 9. The lowest BCUT2D eigenvalue weighted by Gasteiger charge is -2.40. The zero-order valence-electron chi connectivity index (χ0n) is 29.1. The number of anilines is 2. The van der Waals surface area contributed by atoms with Crippen LogP contribution in [0.1, 0.15) is 111 Å². The average molecular weight is 761 g/mol. The summed E-state index contributed by atoms with van der Waals surface area (Å²) in [5.74, 6) is -0.795. The van der Waals surface area contributed by atoms with E-state index in [2.05, 4.69) is 15.3 Å². The number of carbonyl (C=O) groups is 2. The van der Waals surface area contributed by atoms with Crippen LogP contribution in [0.25, 0.3) is 0 Å². The van der Waals surface area contributed by atoms with Gasteiger partial charge in [0.15, 0.2) is 0 Å². The van der Waals surface area contributed by atoms with Gasteiger partial charge in [-0.05, 0) is 105 Å². The third kappa shape index (κ3) is 9.90. The number of halogens is 9. The number of rotatable bonds is 9. The number of fused-ring (bicyclic) bond motifs is 1. The quantitative estimate of drug-likeness (QED) is 0.171. The fourth-order valence-corrected chi connectivity index (χ4v) is 6.19. The van der Waals surface area contributed by atoms with Crippen molar-refractivity contribution in [2.45, 2.75) is 108 Å². The highest BCUT2D eigenvalue weighted by Crippen LogP contribution is 2.45. The van der Waals surface area contributed by atoms with Crippen LogP contribution in [-0.2, 0) is 39.2 Å². The molecule has 53 heavy (non-hydrogen) atoms. The van der Waals surface area contributed by atoms with E-state index in [1.165, 1.54) is 11.1 Å². The highest BCUT2D eigenvalue weighted by atomic mass is 19.4. The van der Waals surface area contributed by atoms with Crippen molar-refractivity contribution in [3.63, 3.8) is 0 Å². The molecule has 0 unspecified atom stereocenters. The first-order chi connectivity index (χ1) is 24.5. The summed E-state index contributed by atoms with van der Waals surface area (Å²) in [6.45, 7) is 6.41. The standard InChI is InChI=1S/C36H37F9N4O4/c1-5-24-17-28(25-16-21(34(37,38)39)8-9-29(25)49(24)32(51)52-11-10-30(50)53-33(2,3)4)48-31-46-18-26(20-6-7-20)27(47-31)14-19-12-22(35(40,41)42)15-23(13-19)36(43,44)45/h8-9,12-13,15-16,18,20,24,28H,5-7,10-11,14,17H2,1-4H3,(H,46,47,48)/t24-,28+/m1/s1. The van der Waals surface area contributed by atoms with Gasteiger partial charge in [-0.2, -0.15) is 39.5 Å². The maximum absolute atomic E-state index is 13.9. The van der Waals surface area contributed by atoms with Crippen molar-refractivity contribution >= 4 is 23.7 Å². The first-order valence-corrected chi connectivity index (χ1v) is 16.8. The summed E-state index contributed by atoms with van der Waals surface area (Å²) in [5, 5.41) is 3.01. The lowest BCUT2D eigenvalue weighted by atomic mass is 9.89. The lowest BCUT2D eigenvalue weighted by Crippen LogP contribution is -2.46. The Bertz CT molecular complexity index is 1800. The molecule has 1 amide bonds. The van der Waals surface area contributed by atoms with Crippen molar-refractivity contribution in [2.75, 3.05) is 16.8 Å². The molecule has 0 radical (unpaired) electrons. The molecule has 1 saturated carbocycles. The second-order valence-corrected chi connectivity index (χ2v) is 14.0. The summed E-state index contributed by atoms with van der Waals surface area (Å²) in [5.41, 5.74) is -4.17. The van der Waals surface area contributed by atoms with Crippen molar-refractivity contribution in [1.82, 2.24) is 9.97 Å². The van der Waals surface area contributed by atoms with E-state index in [4.69, 9.17) is 9.47 Å². The molecule has 1 N–H and O–H groups in total. The molecule has 1 aliphatic carbocycles. The van der Waals surface area contributed by atoms with Gasteiger partial charge in [-0.1, -0.05) is 6.92 Å². The number of nitrogens with zero attached hydrogens (tertiary/aromatic N) is 3. The molecule has 3 aromatic rings. The molecule has 1 aliphatic heterocycles. The molecule has 2 aliphatic rings. The van der Waals surface area contributed by atoms with Gasteiger partial charge in [-0.25, -0.2) is 14.8 Å². The van der Waals surface area contributed by atoms with Gasteiger partial charge in [0.2, 0.25) is 5.95 Å². The van der Waals surface area contributed by atoms with Crippen LogP contribution in [0.4, 0.5) is 55.9 Å². The molecular formula is C36H37F9N4O4. The molecule has 8 nitrogen and oxygen atoms in total. The predicted octanol–water partition coefficient (Wildman–Crippen LogP) is 10.0. The topological polar surface area (TPSA) is 93.7 Å². The average Bonchev–Trinajstić information content (AvgIpc) is 3.88. The third-order valence-corrected chi connectivity index (χ3v) is 8.72. The summed E-state index contributed by atoms with van der Waals surface area (Å²) >= 11 is 0. The third-order valence-electron chi connectivity index (χ3n) is 8.72. The van der Waals surface area contributed by atoms with Gasteiger partial charge < -0.3 is 14.8 Å². The molecule has 17 heteroatoms. The molecule has 288 valence electrons. The van der Waals surface area contributed by atoms with Gasteiger partial charge in [-0.3, -0.25) is 9.69 Å². The Morgan fingerprint density at radius 2 is 1.49 bits per heavy atom. The van der Waals surface area contributed by atoms with Gasteiger partial charge in [-0.15, -0.1) is 0 Å².